The lowest BCUT2D eigenvalue weighted by molar-refractivity contribution is -0.0795. The molecule has 3 unspecified atom stereocenters. The Morgan fingerprint density at radius 3 is 2.67 bits per heavy atom. The number of hydrogen-bond acceptors (Lipinski definition) is 2. The molecule has 21 heavy (non-hydrogen) atoms. The molecular formula is C18H27FO2. The van der Waals surface area contributed by atoms with E-state index in [2.05, 4.69) is 20.8 Å². The van der Waals surface area contributed by atoms with Gasteiger partial charge >= 0.3 is 0 Å². The summed E-state index contributed by atoms with van der Waals surface area (Å²) in [6.45, 7) is 6.52. The SMILES string of the molecule is COc1ccc(CC2(O)CC(C)CCC2C(C)C)cc1F. The minimum atomic E-state index is -0.729. The highest BCUT2D eigenvalue weighted by atomic mass is 19.1. The number of ether oxygens (including phenoxy) is 1. The first-order valence-corrected chi connectivity index (χ1v) is 7.90. The van der Waals surface area contributed by atoms with Crippen LogP contribution in [0.1, 0.15) is 45.6 Å². The quantitative estimate of drug-likeness (QED) is 0.902. The summed E-state index contributed by atoms with van der Waals surface area (Å²) >= 11 is 0. The van der Waals surface area contributed by atoms with Gasteiger partial charge in [-0.05, 0) is 48.3 Å². The molecule has 1 aliphatic carbocycles. The molecule has 2 nitrogen and oxygen atoms in total. The molecule has 0 saturated heterocycles. The average molecular weight is 294 g/mol. The zero-order chi connectivity index (χ0) is 15.6. The molecule has 1 saturated carbocycles. The van der Waals surface area contributed by atoms with Crippen molar-refractivity contribution in [3.63, 3.8) is 0 Å². The van der Waals surface area contributed by atoms with Gasteiger partial charge in [-0.3, -0.25) is 0 Å². The molecule has 1 N–H and O–H groups in total. The van der Waals surface area contributed by atoms with Crippen molar-refractivity contribution >= 4 is 0 Å². The van der Waals surface area contributed by atoms with Gasteiger partial charge in [0.1, 0.15) is 0 Å². The Kier molecular flexibility index (Phi) is 4.92. The van der Waals surface area contributed by atoms with Crippen LogP contribution >= 0.6 is 0 Å². The number of rotatable bonds is 4. The van der Waals surface area contributed by atoms with Crippen LogP contribution in [-0.4, -0.2) is 17.8 Å². The summed E-state index contributed by atoms with van der Waals surface area (Å²) in [6, 6.07) is 4.99. The van der Waals surface area contributed by atoms with Gasteiger partial charge in [-0.25, -0.2) is 4.39 Å². The van der Waals surface area contributed by atoms with Gasteiger partial charge in [0, 0.05) is 6.42 Å². The lowest BCUT2D eigenvalue weighted by atomic mass is 9.65. The van der Waals surface area contributed by atoms with Gasteiger partial charge < -0.3 is 9.84 Å². The van der Waals surface area contributed by atoms with E-state index in [4.69, 9.17) is 4.74 Å². The highest BCUT2D eigenvalue weighted by Crippen LogP contribution is 2.43. The first-order valence-electron chi connectivity index (χ1n) is 7.90. The molecule has 0 heterocycles. The second kappa shape index (κ2) is 6.35. The van der Waals surface area contributed by atoms with Gasteiger partial charge in [0.05, 0.1) is 12.7 Å². The molecule has 1 aromatic rings. The molecule has 0 radical (unpaired) electrons. The molecule has 1 aliphatic rings. The smallest absolute Gasteiger partial charge is 0.165 e. The fourth-order valence-corrected chi connectivity index (χ4v) is 3.92. The van der Waals surface area contributed by atoms with Crippen LogP contribution in [-0.2, 0) is 6.42 Å². The van der Waals surface area contributed by atoms with Crippen LogP contribution in [0.5, 0.6) is 5.75 Å². The minimum absolute atomic E-state index is 0.253. The zero-order valence-corrected chi connectivity index (χ0v) is 13.5. The first kappa shape index (κ1) is 16.3. The number of benzene rings is 1. The second-order valence-electron chi connectivity index (χ2n) is 6.99. The molecule has 0 amide bonds. The summed E-state index contributed by atoms with van der Waals surface area (Å²) < 4.78 is 18.8. The standard InChI is InChI=1S/C18H27FO2/c1-12(2)15-7-5-13(3)10-18(15,20)11-14-6-8-17(21-4)16(19)9-14/h6,8-9,12-13,15,20H,5,7,10-11H2,1-4H3. The maximum absolute atomic E-state index is 13.9. The summed E-state index contributed by atoms with van der Waals surface area (Å²) in [4.78, 5) is 0. The maximum atomic E-state index is 13.9. The van der Waals surface area contributed by atoms with Crippen molar-refractivity contribution in [1.82, 2.24) is 0 Å². The van der Waals surface area contributed by atoms with Crippen molar-refractivity contribution < 1.29 is 14.2 Å². The fraction of sp³-hybridized carbons (Fsp3) is 0.667. The van der Waals surface area contributed by atoms with Gasteiger partial charge in [0.25, 0.3) is 0 Å². The van der Waals surface area contributed by atoms with Crippen molar-refractivity contribution in [1.29, 1.82) is 0 Å². The lowest BCUT2D eigenvalue weighted by Crippen LogP contribution is -2.47. The predicted octanol–water partition coefficient (Wildman–Crippen LogP) is 4.20. The van der Waals surface area contributed by atoms with E-state index in [1.165, 1.54) is 19.6 Å². The Morgan fingerprint density at radius 1 is 1.38 bits per heavy atom. The van der Waals surface area contributed by atoms with E-state index in [-0.39, 0.29) is 17.5 Å². The Bertz CT molecular complexity index is 486. The molecule has 3 heteroatoms. The van der Waals surface area contributed by atoms with Gasteiger partial charge in [-0.2, -0.15) is 0 Å². The van der Waals surface area contributed by atoms with Crippen LogP contribution in [0.3, 0.4) is 0 Å². The van der Waals surface area contributed by atoms with E-state index in [9.17, 15) is 9.50 Å². The molecule has 118 valence electrons. The summed E-state index contributed by atoms with van der Waals surface area (Å²) in [5.41, 5.74) is 0.114. The Labute approximate surface area is 127 Å². The van der Waals surface area contributed by atoms with E-state index in [0.717, 1.165) is 18.4 Å². The first-order chi connectivity index (χ1) is 9.85. The van der Waals surface area contributed by atoms with Crippen molar-refractivity contribution in [3.05, 3.63) is 29.6 Å². The van der Waals surface area contributed by atoms with Gasteiger partial charge in [0.2, 0.25) is 0 Å². The average Bonchev–Trinajstić information content (AvgIpc) is 2.37. The summed E-state index contributed by atoms with van der Waals surface area (Å²) in [5.74, 6) is 1.13. The highest BCUT2D eigenvalue weighted by Gasteiger charge is 2.42. The maximum Gasteiger partial charge on any atom is 0.165 e. The van der Waals surface area contributed by atoms with E-state index in [1.807, 2.05) is 6.07 Å². The third kappa shape index (κ3) is 3.57. The fourth-order valence-electron chi connectivity index (χ4n) is 3.92. The number of halogens is 1. The minimum Gasteiger partial charge on any atom is -0.494 e. The predicted molar refractivity (Wildman–Crippen MR) is 82.9 cm³/mol. The number of hydrogen-bond donors (Lipinski definition) is 1. The number of methoxy groups -OCH3 is 1. The van der Waals surface area contributed by atoms with Crippen LogP contribution in [0.2, 0.25) is 0 Å². The van der Waals surface area contributed by atoms with E-state index in [1.54, 1.807) is 6.07 Å². The third-order valence-corrected chi connectivity index (χ3v) is 4.89. The number of aliphatic hydroxyl groups is 1. The van der Waals surface area contributed by atoms with Crippen molar-refractivity contribution in [3.8, 4) is 5.75 Å². The molecule has 1 fully saturated rings. The Morgan fingerprint density at radius 2 is 2.10 bits per heavy atom. The van der Waals surface area contributed by atoms with E-state index in [0.29, 0.717) is 18.3 Å². The van der Waals surface area contributed by atoms with Gasteiger partial charge in [-0.15, -0.1) is 0 Å². The van der Waals surface area contributed by atoms with Crippen molar-refractivity contribution in [2.45, 2.75) is 52.1 Å². The molecular weight excluding hydrogens is 267 g/mol. The van der Waals surface area contributed by atoms with Crippen molar-refractivity contribution in [2.24, 2.45) is 17.8 Å². The normalized spacial score (nSPS) is 29.7. The zero-order valence-electron chi connectivity index (χ0n) is 13.5. The Hall–Kier alpha value is -1.09. The molecule has 0 aromatic heterocycles. The highest BCUT2D eigenvalue weighted by molar-refractivity contribution is 5.30. The van der Waals surface area contributed by atoms with Crippen molar-refractivity contribution in [2.75, 3.05) is 7.11 Å². The van der Waals surface area contributed by atoms with E-state index < -0.39 is 5.60 Å². The molecule has 1 aromatic carbocycles. The van der Waals surface area contributed by atoms with Gasteiger partial charge in [0.15, 0.2) is 11.6 Å². The molecule has 0 aliphatic heterocycles. The van der Waals surface area contributed by atoms with E-state index >= 15 is 0 Å². The second-order valence-corrected chi connectivity index (χ2v) is 6.99. The van der Waals surface area contributed by atoms with Crippen LogP contribution in [0.15, 0.2) is 18.2 Å². The van der Waals surface area contributed by atoms with Crippen LogP contribution in [0.25, 0.3) is 0 Å². The van der Waals surface area contributed by atoms with Crippen LogP contribution in [0.4, 0.5) is 4.39 Å². The van der Waals surface area contributed by atoms with Crippen LogP contribution in [0, 0.1) is 23.6 Å². The largest absolute Gasteiger partial charge is 0.494 e. The summed E-state index contributed by atoms with van der Waals surface area (Å²) in [7, 11) is 1.46. The van der Waals surface area contributed by atoms with Crippen LogP contribution < -0.4 is 4.74 Å². The monoisotopic (exact) mass is 294 g/mol. The molecule has 2 rings (SSSR count). The Balaban J connectivity index is 2.23. The summed E-state index contributed by atoms with van der Waals surface area (Å²) in [5, 5.41) is 11.2. The topological polar surface area (TPSA) is 29.5 Å². The third-order valence-electron chi connectivity index (χ3n) is 4.89. The van der Waals surface area contributed by atoms with Gasteiger partial charge in [-0.1, -0.05) is 33.3 Å². The molecule has 3 atom stereocenters. The molecule has 0 spiro atoms. The summed E-state index contributed by atoms with van der Waals surface area (Å²) in [6.07, 6.45) is 3.53. The molecule has 0 bridgehead atoms. The lowest BCUT2D eigenvalue weighted by Gasteiger charge is -2.45.